The molecule has 2 rings (SSSR count). The minimum absolute atomic E-state index is 0.0967. The third kappa shape index (κ3) is 2.57. The molecular formula is C13H15N3O3. The van der Waals surface area contributed by atoms with Crippen molar-refractivity contribution in [2.24, 2.45) is 0 Å². The molecule has 0 unspecified atom stereocenters. The van der Waals surface area contributed by atoms with Gasteiger partial charge in [0.2, 0.25) is 0 Å². The van der Waals surface area contributed by atoms with Crippen LogP contribution in [0.25, 0.3) is 5.65 Å². The predicted octanol–water partition coefficient (Wildman–Crippen LogP) is 1.16. The molecule has 0 saturated carbocycles. The number of aromatic nitrogens is 2. The normalized spacial score (nSPS) is 10.6. The van der Waals surface area contributed by atoms with E-state index in [-0.39, 0.29) is 18.9 Å². The van der Waals surface area contributed by atoms with Gasteiger partial charge in [-0.3, -0.25) is 14.0 Å². The molecule has 2 heterocycles. The molecule has 0 radical (unpaired) electrons. The molecule has 19 heavy (non-hydrogen) atoms. The monoisotopic (exact) mass is 261 g/mol. The van der Waals surface area contributed by atoms with Crippen molar-refractivity contribution in [3.05, 3.63) is 35.3 Å². The van der Waals surface area contributed by atoms with Crippen LogP contribution in [0.2, 0.25) is 0 Å². The number of pyridine rings is 1. The van der Waals surface area contributed by atoms with E-state index < -0.39 is 5.97 Å². The summed E-state index contributed by atoms with van der Waals surface area (Å²) in [6, 6.07) is 5.60. The van der Waals surface area contributed by atoms with E-state index in [1.165, 1.54) is 0 Å². The maximum Gasteiger partial charge on any atom is 0.305 e. The van der Waals surface area contributed by atoms with Crippen molar-refractivity contribution >= 4 is 17.5 Å². The third-order valence-corrected chi connectivity index (χ3v) is 2.85. The van der Waals surface area contributed by atoms with Gasteiger partial charge in [0, 0.05) is 12.2 Å². The zero-order chi connectivity index (χ0) is 14.0. The Morgan fingerprint density at radius 2 is 2.11 bits per heavy atom. The first-order valence-electron chi connectivity index (χ1n) is 5.95. The van der Waals surface area contributed by atoms with Gasteiger partial charge in [0.1, 0.15) is 11.3 Å². The van der Waals surface area contributed by atoms with Crippen LogP contribution in [0.15, 0.2) is 18.2 Å². The Morgan fingerprint density at radius 1 is 1.37 bits per heavy atom. The zero-order valence-electron chi connectivity index (χ0n) is 10.8. The number of carbonyl (C=O) groups excluding carboxylic acids is 1. The summed E-state index contributed by atoms with van der Waals surface area (Å²) in [6.07, 6.45) is -0.0967. The molecule has 0 atom stereocenters. The standard InChI is InChI=1S/C13H15N3O3/c1-8-4-3-5-10-15-9(2)12(16(8)10)13(19)14-7-6-11(17)18/h3-5H,6-7H2,1-2H3,(H,14,19)(H,17,18). The molecule has 2 N–H and O–H groups in total. The highest BCUT2D eigenvalue weighted by Crippen LogP contribution is 2.14. The van der Waals surface area contributed by atoms with Gasteiger partial charge in [-0.15, -0.1) is 0 Å². The second-order valence-electron chi connectivity index (χ2n) is 4.31. The summed E-state index contributed by atoms with van der Waals surface area (Å²) in [5.41, 5.74) is 2.70. The summed E-state index contributed by atoms with van der Waals surface area (Å²) >= 11 is 0. The summed E-state index contributed by atoms with van der Waals surface area (Å²) in [7, 11) is 0. The number of carboxylic acids is 1. The van der Waals surface area contributed by atoms with Gasteiger partial charge in [-0.25, -0.2) is 4.98 Å². The van der Waals surface area contributed by atoms with Crippen LogP contribution in [-0.2, 0) is 4.79 Å². The lowest BCUT2D eigenvalue weighted by Crippen LogP contribution is -2.28. The van der Waals surface area contributed by atoms with E-state index in [1.807, 2.05) is 25.1 Å². The third-order valence-electron chi connectivity index (χ3n) is 2.85. The van der Waals surface area contributed by atoms with E-state index in [0.29, 0.717) is 17.0 Å². The van der Waals surface area contributed by atoms with Crippen molar-refractivity contribution in [2.75, 3.05) is 6.54 Å². The van der Waals surface area contributed by atoms with Gasteiger partial charge in [0.25, 0.3) is 5.91 Å². The largest absolute Gasteiger partial charge is 0.481 e. The van der Waals surface area contributed by atoms with Crippen LogP contribution in [0.3, 0.4) is 0 Å². The van der Waals surface area contributed by atoms with Gasteiger partial charge < -0.3 is 10.4 Å². The van der Waals surface area contributed by atoms with E-state index in [9.17, 15) is 9.59 Å². The summed E-state index contributed by atoms with van der Waals surface area (Å²) in [5.74, 6) is -1.24. The van der Waals surface area contributed by atoms with Crippen molar-refractivity contribution in [1.82, 2.24) is 14.7 Å². The highest BCUT2D eigenvalue weighted by molar-refractivity contribution is 5.94. The molecule has 6 heteroatoms. The van der Waals surface area contributed by atoms with Crippen molar-refractivity contribution in [2.45, 2.75) is 20.3 Å². The number of rotatable bonds is 4. The van der Waals surface area contributed by atoms with Crippen LogP contribution in [0.4, 0.5) is 0 Å². The molecule has 6 nitrogen and oxygen atoms in total. The minimum Gasteiger partial charge on any atom is -0.481 e. The average molecular weight is 261 g/mol. The fourth-order valence-electron chi connectivity index (χ4n) is 2.00. The summed E-state index contributed by atoms with van der Waals surface area (Å²) < 4.78 is 1.77. The lowest BCUT2D eigenvalue weighted by Gasteiger charge is -2.06. The Hall–Kier alpha value is -2.37. The first-order valence-corrected chi connectivity index (χ1v) is 5.95. The Labute approximate surface area is 110 Å². The smallest absolute Gasteiger partial charge is 0.305 e. The van der Waals surface area contributed by atoms with Crippen LogP contribution in [-0.4, -0.2) is 32.9 Å². The minimum atomic E-state index is -0.939. The number of hydrogen-bond acceptors (Lipinski definition) is 3. The molecule has 0 spiro atoms. The molecule has 0 fully saturated rings. The van der Waals surface area contributed by atoms with E-state index >= 15 is 0 Å². The molecule has 0 bridgehead atoms. The lowest BCUT2D eigenvalue weighted by atomic mass is 10.3. The molecule has 0 aliphatic heterocycles. The maximum absolute atomic E-state index is 12.1. The van der Waals surface area contributed by atoms with Gasteiger partial charge in [-0.1, -0.05) is 6.07 Å². The first-order chi connectivity index (χ1) is 9.00. The number of aliphatic carboxylic acids is 1. The predicted molar refractivity (Wildman–Crippen MR) is 69.3 cm³/mol. The second kappa shape index (κ2) is 5.09. The van der Waals surface area contributed by atoms with Crippen LogP contribution in [0, 0.1) is 13.8 Å². The summed E-state index contributed by atoms with van der Waals surface area (Å²) in [5, 5.41) is 11.2. The zero-order valence-corrected chi connectivity index (χ0v) is 10.8. The van der Waals surface area contributed by atoms with Gasteiger partial charge in [-0.05, 0) is 26.0 Å². The molecule has 2 aromatic rings. The number of carbonyl (C=O) groups is 2. The van der Waals surface area contributed by atoms with E-state index in [1.54, 1.807) is 11.3 Å². The number of carboxylic acid groups (broad SMARTS) is 1. The van der Waals surface area contributed by atoms with E-state index in [4.69, 9.17) is 5.11 Å². The molecule has 1 amide bonds. The Morgan fingerprint density at radius 3 is 2.79 bits per heavy atom. The Balaban J connectivity index is 2.31. The number of nitrogens with zero attached hydrogens (tertiary/aromatic N) is 2. The van der Waals surface area contributed by atoms with E-state index in [2.05, 4.69) is 10.3 Å². The molecular weight excluding hydrogens is 246 g/mol. The second-order valence-corrected chi connectivity index (χ2v) is 4.31. The molecule has 0 saturated heterocycles. The molecule has 100 valence electrons. The lowest BCUT2D eigenvalue weighted by molar-refractivity contribution is -0.136. The van der Waals surface area contributed by atoms with Gasteiger partial charge in [0.05, 0.1) is 12.1 Å². The Bertz CT molecular complexity index is 646. The number of hydrogen-bond donors (Lipinski definition) is 2. The highest BCUT2D eigenvalue weighted by Gasteiger charge is 2.17. The number of imidazole rings is 1. The van der Waals surface area contributed by atoms with E-state index in [0.717, 1.165) is 5.69 Å². The Kier molecular flexibility index (Phi) is 3.50. The van der Waals surface area contributed by atoms with Crippen LogP contribution in [0.1, 0.15) is 28.3 Å². The van der Waals surface area contributed by atoms with Crippen molar-refractivity contribution in [1.29, 1.82) is 0 Å². The van der Waals surface area contributed by atoms with Crippen LogP contribution < -0.4 is 5.32 Å². The number of fused-ring (bicyclic) bond motifs is 1. The van der Waals surface area contributed by atoms with Crippen molar-refractivity contribution in [3.63, 3.8) is 0 Å². The van der Waals surface area contributed by atoms with Crippen LogP contribution >= 0.6 is 0 Å². The number of nitrogens with one attached hydrogen (secondary N) is 1. The van der Waals surface area contributed by atoms with Gasteiger partial charge in [0.15, 0.2) is 0 Å². The number of aryl methyl sites for hydroxylation is 2. The number of amides is 1. The quantitative estimate of drug-likeness (QED) is 0.865. The molecule has 2 aromatic heterocycles. The van der Waals surface area contributed by atoms with Gasteiger partial charge in [-0.2, -0.15) is 0 Å². The summed E-state index contributed by atoms with van der Waals surface area (Å²) in [4.78, 5) is 26.9. The molecule has 0 aliphatic carbocycles. The summed E-state index contributed by atoms with van der Waals surface area (Å²) in [6.45, 7) is 3.76. The SMILES string of the molecule is Cc1nc2cccc(C)n2c1C(=O)NCCC(=O)O. The maximum atomic E-state index is 12.1. The van der Waals surface area contributed by atoms with Crippen molar-refractivity contribution < 1.29 is 14.7 Å². The highest BCUT2D eigenvalue weighted by atomic mass is 16.4. The fourth-order valence-corrected chi connectivity index (χ4v) is 2.00. The van der Waals surface area contributed by atoms with Crippen molar-refractivity contribution in [3.8, 4) is 0 Å². The topological polar surface area (TPSA) is 83.7 Å². The first kappa shape index (κ1) is 13.1. The van der Waals surface area contributed by atoms with Crippen LogP contribution in [0.5, 0.6) is 0 Å². The fraction of sp³-hybridized carbons (Fsp3) is 0.308. The average Bonchev–Trinajstić information content (AvgIpc) is 2.66. The molecule has 0 aliphatic rings. The van der Waals surface area contributed by atoms with Gasteiger partial charge >= 0.3 is 5.97 Å². The molecule has 0 aromatic carbocycles.